The lowest BCUT2D eigenvalue weighted by Gasteiger charge is -2.30. The molecule has 0 bridgehead atoms. The molecule has 0 spiro atoms. The van der Waals surface area contributed by atoms with Crippen LogP contribution in [0.1, 0.15) is 66.2 Å². The predicted molar refractivity (Wildman–Crippen MR) is 160 cm³/mol. The van der Waals surface area contributed by atoms with Crippen molar-refractivity contribution in [2.75, 3.05) is 18.4 Å². The molecule has 3 amide bonds. The number of anilines is 1. The molecule has 8 heteroatoms. The number of para-hydroxylation sites is 1. The lowest BCUT2D eigenvalue weighted by Crippen LogP contribution is -2.38. The van der Waals surface area contributed by atoms with Crippen LogP contribution >= 0.6 is 15.9 Å². The quantitative estimate of drug-likeness (QED) is 0.290. The zero-order chi connectivity index (χ0) is 28.6. The second kappa shape index (κ2) is 13.6. The summed E-state index contributed by atoms with van der Waals surface area (Å²) in [5.41, 5.74) is 3.59. The summed E-state index contributed by atoms with van der Waals surface area (Å²) in [6.45, 7) is 7.84. The van der Waals surface area contributed by atoms with E-state index in [1.807, 2.05) is 67.3 Å². The van der Waals surface area contributed by atoms with E-state index < -0.39 is 17.9 Å². The van der Waals surface area contributed by atoms with Gasteiger partial charge in [-0.15, -0.1) is 0 Å². The molecule has 210 valence electrons. The molecule has 40 heavy (non-hydrogen) atoms. The number of likely N-dealkylation sites (tertiary alicyclic amines) is 1. The number of carbonyl (C=O) groups is 3. The second-order valence-corrected chi connectivity index (χ2v) is 11.2. The number of halogens is 1. The fraction of sp³-hybridized carbons (Fsp3) is 0.344. The van der Waals surface area contributed by atoms with E-state index >= 15 is 0 Å². The lowest BCUT2D eigenvalue weighted by molar-refractivity contribution is -0.136. The van der Waals surface area contributed by atoms with Crippen molar-refractivity contribution in [2.45, 2.75) is 52.7 Å². The van der Waals surface area contributed by atoms with E-state index in [0.717, 1.165) is 47.1 Å². The van der Waals surface area contributed by atoms with Gasteiger partial charge in [-0.05, 0) is 68.0 Å². The summed E-state index contributed by atoms with van der Waals surface area (Å²) in [6, 6.07) is 20.1. The van der Waals surface area contributed by atoms with E-state index in [0.29, 0.717) is 35.9 Å². The average molecular weight is 607 g/mol. The maximum Gasteiger partial charge on any atom is 0.313 e. The van der Waals surface area contributed by atoms with Crippen molar-refractivity contribution in [2.24, 2.45) is 5.92 Å². The van der Waals surface area contributed by atoms with Crippen LogP contribution in [-0.4, -0.2) is 35.7 Å². The molecule has 1 atom stereocenters. The number of nitrogens with one attached hydrogen (secondary N) is 2. The van der Waals surface area contributed by atoms with Crippen molar-refractivity contribution < 1.29 is 19.1 Å². The Morgan fingerprint density at radius 2 is 1.70 bits per heavy atom. The summed E-state index contributed by atoms with van der Waals surface area (Å²) in [5.74, 6) is -0.228. The Morgan fingerprint density at radius 3 is 2.40 bits per heavy atom. The van der Waals surface area contributed by atoms with Gasteiger partial charge >= 0.3 is 11.8 Å². The highest BCUT2D eigenvalue weighted by molar-refractivity contribution is 9.10. The van der Waals surface area contributed by atoms with Gasteiger partial charge in [0, 0.05) is 39.9 Å². The van der Waals surface area contributed by atoms with Crippen molar-refractivity contribution in [1.82, 2.24) is 10.2 Å². The van der Waals surface area contributed by atoms with Crippen molar-refractivity contribution in [3.05, 3.63) is 93.5 Å². The molecule has 3 aromatic carbocycles. The summed E-state index contributed by atoms with van der Waals surface area (Å²) < 4.78 is 7.06. The van der Waals surface area contributed by atoms with E-state index in [1.165, 1.54) is 0 Å². The first-order chi connectivity index (χ1) is 19.3. The van der Waals surface area contributed by atoms with Crippen LogP contribution in [0.15, 0.2) is 71.2 Å². The SMILES string of the molecule is CCC(NC(=O)C(=O)Nc1ccc(C(=O)N2CCC(C)CC2)cc1C)c1ccccc1OCc1ccccc1Br. The number of ether oxygens (including phenoxy) is 1. The Labute approximate surface area is 244 Å². The third-order valence-electron chi connectivity index (χ3n) is 7.35. The molecular weight excluding hydrogens is 570 g/mol. The predicted octanol–water partition coefficient (Wildman–Crippen LogP) is 6.41. The van der Waals surface area contributed by atoms with Crippen LogP contribution in [0.2, 0.25) is 0 Å². The van der Waals surface area contributed by atoms with Gasteiger partial charge in [0.1, 0.15) is 12.4 Å². The molecule has 1 aliphatic heterocycles. The molecule has 1 saturated heterocycles. The zero-order valence-electron chi connectivity index (χ0n) is 23.2. The van der Waals surface area contributed by atoms with Gasteiger partial charge in [0.15, 0.2) is 0 Å². The first-order valence-electron chi connectivity index (χ1n) is 13.7. The van der Waals surface area contributed by atoms with Gasteiger partial charge in [-0.25, -0.2) is 0 Å². The third-order valence-corrected chi connectivity index (χ3v) is 8.12. The number of amides is 3. The molecule has 1 fully saturated rings. The highest BCUT2D eigenvalue weighted by Crippen LogP contribution is 2.29. The van der Waals surface area contributed by atoms with Crippen LogP contribution in [0.25, 0.3) is 0 Å². The van der Waals surface area contributed by atoms with E-state index in [4.69, 9.17) is 4.74 Å². The number of rotatable bonds is 8. The number of hydrogen-bond acceptors (Lipinski definition) is 4. The minimum Gasteiger partial charge on any atom is -0.489 e. The van der Waals surface area contributed by atoms with Crippen LogP contribution in [-0.2, 0) is 16.2 Å². The van der Waals surface area contributed by atoms with Crippen LogP contribution in [0, 0.1) is 12.8 Å². The van der Waals surface area contributed by atoms with Gasteiger partial charge in [0.25, 0.3) is 5.91 Å². The zero-order valence-corrected chi connectivity index (χ0v) is 24.8. The number of benzene rings is 3. The maximum absolute atomic E-state index is 12.9. The van der Waals surface area contributed by atoms with Crippen molar-refractivity contribution in [3.63, 3.8) is 0 Å². The van der Waals surface area contributed by atoms with Crippen molar-refractivity contribution in [3.8, 4) is 5.75 Å². The fourth-order valence-electron chi connectivity index (χ4n) is 4.80. The molecule has 4 rings (SSSR count). The van der Waals surface area contributed by atoms with E-state index in [1.54, 1.807) is 18.2 Å². The summed E-state index contributed by atoms with van der Waals surface area (Å²) in [6.07, 6.45) is 2.59. The number of hydrogen-bond donors (Lipinski definition) is 2. The topological polar surface area (TPSA) is 87.7 Å². The molecule has 2 N–H and O–H groups in total. The molecule has 1 aliphatic rings. The van der Waals surface area contributed by atoms with Gasteiger partial charge in [-0.3, -0.25) is 14.4 Å². The molecule has 0 saturated carbocycles. The van der Waals surface area contributed by atoms with E-state index in [-0.39, 0.29) is 5.91 Å². The standard InChI is InChI=1S/C32H36BrN3O4/c1-4-27(25-10-6-8-12-29(25)40-20-24-9-5-7-11-26(24)33)34-30(37)31(38)35-28-14-13-23(19-22(28)3)32(39)36-17-15-21(2)16-18-36/h5-14,19,21,27H,4,15-18,20H2,1-3H3,(H,34,37)(H,35,38). The van der Waals surface area contributed by atoms with Gasteiger partial charge in [0.05, 0.1) is 6.04 Å². The Kier molecular flexibility index (Phi) is 9.98. The summed E-state index contributed by atoms with van der Waals surface area (Å²) in [4.78, 5) is 40.6. The number of nitrogens with zero attached hydrogens (tertiary/aromatic N) is 1. The number of piperidine rings is 1. The Morgan fingerprint density at radius 1 is 1.00 bits per heavy atom. The van der Waals surface area contributed by atoms with Crippen LogP contribution in [0.3, 0.4) is 0 Å². The highest BCUT2D eigenvalue weighted by Gasteiger charge is 2.24. The molecular formula is C32H36BrN3O4. The first kappa shape index (κ1) is 29.3. The van der Waals surface area contributed by atoms with Crippen LogP contribution in [0.4, 0.5) is 5.69 Å². The highest BCUT2D eigenvalue weighted by atomic mass is 79.9. The maximum atomic E-state index is 12.9. The molecule has 1 unspecified atom stereocenters. The second-order valence-electron chi connectivity index (χ2n) is 10.3. The fourth-order valence-corrected chi connectivity index (χ4v) is 5.20. The molecule has 3 aromatic rings. The molecule has 0 aliphatic carbocycles. The Bertz CT molecular complexity index is 1370. The third kappa shape index (κ3) is 7.30. The van der Waals surface area contributed by atoms with E-state index in [9.17, 15) is 14.4 Å². The smallest absolute Gasteiger partial charge is 0.313 e. The molecule has 1 heterocycles. The van der Waals surface area contributed by atoms with Gasteiger partial charge in [-0.1, -0.05) is 66.2 Å². The lowest BCUT2D eigenvalue weighted by atomic mass is 9.98. The van der Waals surface area contributed by atoms with Gasteiger partial charge in [0.2, 0.25) is 0 Å². The average Bonchev–Trinajstić information content (AvgIpc) is 2.96. The van der Waals surface area contributed by atoms with Crippen LogP contribution in [0.5, 0.6) is 5.75 Å². The molecule has 7 nitrogen and oxygen atoms in total. The van der Waals surface area contributed by atoms with Crippen molar-refractivity contribution >= 4 is 39.3 Å². The largest absolute Gasteiger partial charge is 0.489 e. The van der Waals surface area contributed by atoms with Crippen molar-refractivity contribution in [1.29, 1.82) is 0 Å². The minimum absolute atomic E-state index is 0.00286. The van der Waals surface area contributed by atoms with E-state index in [2.05, 4.69) is 33.5 Å². The number of aryl methyl sites for hydroxylation is 1. The van der Waals surface area contributed by atoms with Gasteiger partial charge in [-0.2, -0.15) is 0 Å². The monoisotopic (exact) mass is 605 g/mol. The first-order valence-corrected chi connectivity index (χ1v) is 14.5. The Hall–Kier alpha value is -3.65. The molecule has 0 aromatic heterocycles. The summed E-state index contributed by atoms with van der Waals surface area (Å²) >= 11 is 3.54. The minimum atomic E-state index is -0.766. The summed E-state index contributed by atoms with van der Waals surface area (Å²) in [5, 5.41) is 5.55. The van der Waals surface area contributed by atoms with Crippen LogP contribution < -0.4 is 15.4 Å². The Balaban J connectivity index is 1.39. The summed E-state index contributed by atoms with van der Waals surface area (Å²) in [7, 11) is 0. The number of carbonyl (C=O) groups excluding carboxylic acids is 3. The van der Waals surface area contributed by atoms with Gasteiger partial charge < -0.3 is 20.3 Å². The molecule has 0 radical (unpaired) electrons. The normalized spacial score (nSPS) is 14.3.